The molecule has 0 spiro atoms. The Labute approximate surface area is 117 Å². The maximum Gasteiger partial charge on any atom is 0.209 e. The molecule has 0 saturated carbocycles. The Kier molecular flexibility index (Phi) is 3.72. The summed E-state index contributed by atoms with van der Waals surface area (Å²) in [4.78, 5) is 6.54. The Balaban J connectivity index is 1.81. The van der Waals surface area contributed by atoms with Gasteiger partial charge >= 0.3 is 0 Å². The van der Waals surface area contributed by atoms with E-state index in [0.29, 0.717) is 29.5 Å². The highest BCUT2D eigenvalue weighted by Gasteiger charge is 2.28. The Morgan fingerprint density at radius 1 is 1.50 bits per heavy atom. The highest BCUT2D eigenvalue weighted by atomic mass is 19.1. The van der Waals surface area contributed by atoms with Crippen molar-refractivity contribution in [3.05, 3.63) is 29.9 Å². The topological polar surface area (TPSA) is 49.5 Å². The van der Waals surface area contributed by atoms with Crippen LogP contribution >= 0.6 is 0 Å². The van der Waals surface area contributed by atoms with Crippen LogP contribution in [0.3, 0.4) is 0 Å². The van der Waals surface area contributed by atoms with E-state index >= 15 is 0 Å². The van der Waals surface area contributed by atoms with Gasteiger partial charge in [0.25, 0.3) is 0 Å². The van der Waals surface area contributed by atoms with Crippen molar-refractivity contribution < 1.29 is 13.9 Å². The van der Waals surface area contributed by atoms with Gasteiger partial charge in [-0.15, -0.1) is 0 Å². The zero-order chi connectivity index (χ0) is 14.1. The quantitative estimate of drug-likeness (QED) is 0.937. The number of oxazole rings is 1. The normalized spacial score (nSPS) is 24.4. The van der Waals surface area contributed by atoms with Gasteiger partial charge in [-0.05, 0) is 37.4 Å². The number of benzene rings is 1. The highest BCUT2D eigenvalue weighted by molar-refractivity contribution is 5.72. The van der Waals surface area contributed by atoms with E-state index in [-0.39, 0.29) is 18.5 Å². The summed E-state index contributed by atoms with van der Waals surface area (Å²) in [5, 5.41) is 9.54. The molecule has 20 heavy (non-hydrogen) atoms. The van der Waals surface area contributed by atoms with Crippen molar-refractivity contribution >= 4 is 11.1 Å². The van der Waals surface area contributed by atoms with Gasteiger partial charge in [-0.2, -0.15) is 0 Å². The minimum absolute atomic E-state index is 0.149. The Morgan fingerprint density at radius 3 is 3.15 bits per heavy atom. The van der Waals surface area contributed by atoms with Crippen molar-refractivity contribution in [2.24, 2.45) is 5.92 Å². The van der Waals surface area contributed by atoms with Gasteiger partial charge in [-0.25, -0.2) is 9.37 Å². The van der Waals surface area contributed by atoms with Crippen LogP contribution in [0.4, 0.5) is 4.39 Å². The van der Waals surface area contributed by atoms with Crippen LogP contribution in [0.25, 0.3) is 11.1 Å². The molecular formula is C15H19FN2O2. The number of aliphatic hydroxyl groups excluding tert-OH is 1. The summed E-state index contributed by atoms with van der Waals surface area (Å²) < 4.78 is 18.8. The minimum atomic E-state index is -0.308. The number of aliphatic hydroxyl groups is 1. The number of fused-ring (bicyclic) bond motifs is 1. The van der Waals surface area contributed by atoms with Crippen LogP contribution in [0.1, 0.15) is 25.7 Å². The molecular weight excluding hydrogens is 259 g/mol. The number of nitrogens with zero attached hydrogens (tertiary/aromatic N) is 2. The van der Waals surface area contributed by atoms with Crippen molar-refractivity contribution in [3.8, 4) is 0 Å². The molecule has 4 nitrogen and oxygen atoms in total. The fourth-order valence-electron chi connectivity index (χ4n) is 3.02. The largest absolute Gasteiger partial charge is 0.439 e. The Hall–Kier alpha value is -1.46. The average Bonchev–Trinajstić information content (AvgIpc) is 2.80. The highest BCUT2D eigenvalue weighted by Crippen LogP contribution is 2.25. The Bertz CT molecular complexity index is 599. The zero-order valence-electron chi connectivity index (χ0n) is 11.6. The molecule has 1 aliphatic heterocycles. The van der Waals surface area contributed by atoms with Crippen LogP contribution in [0, 0.1) is 11.7 Å². The maximum absolute atomic E-state index is 13.1. The van der Waals surface area contributed by atoms with Crippen LogP contribution in [-0.4, -0.2) is 34.2 Å². The summed E-state index contributed by atoms with van der Waals surface area (Å²) >= 11 is 0. The molecule has 108 valence electrons. The summed E-state index contributed by atoms with van der Waals surface area (Å²) in [7, 11) is 0. The number of hydrogen-bond acceptors (Lipinski definition) is 4. The van der Waals surface area contributed by atoms with Crippen molar-refractivity contribution in [2.75, 3.05) is 13.2 Å². The van der Waals surface area contributed by atoms with Gasteiger partial charge in [0.1, 0.15) is 11.3 Å². The predicted molar refractivity (Wildman–Crippen MR) is 73.6 cm³/mol. The van der Waals surface area contributed by atoms with Gasteiger partial charge in [-0.3, -0.25) is 4.90 Å². The molecule has 1 aromatic heterocycles. The number of halogens is 1. The molecule has 0 aliphatic carbocycles. The second-order valence-corrected chi connectivity index (χ2v) is 5.56. The van der Waals surface area contributed by atoms with Crippen LogP contribution in [0.2, 0.25) is 0 Å². The van der Waals surface area contributed by atoms with E-state index in [1.165, 1.54) is 12.1 Å². The molecule has 1 saturated heterocycles. The molecule has 2 heterocycles. The van der Waals surface area contributed by atoms with Crippen LogP contribution in [-0.2, 0) is 6.54 Å². The molecule has 1 fully saturated rings. The van der Waals surface area contributed by atoms with Crippen LogP contribution in [0.15, 0.2) is 22.6 Å². The summed E-state index contributed by atoms with van der Waals surface area (Å²) in [6, 6.07) is 4.50. The lowest BCUT2D eigenvalue weighted by atomic mass is 9.91. The molecule has 2 atom stereocenters. The van der Waals surface area contributed by atoms with Crippen molar-refractivity contribution in [1.82, 2.24) is 9.88 Å². The minimum Gasteiger partial charge on any atom is -0.439 e. The first kappa shape index (κ1) is 13.5. The molecule has 1 aliphatic rings. The first-order valence-electron chi connectivity index (χ1n) is 7.07. The number of hydrogen-bond donors (Lipinski definition) is 1. The molecule has 3 rings (SSSR count). The third kappa shape index (κ3) is 2.55. The molecule has 1 aromatic carbocycles. The molecule has 0 radical (unpaired) electrons. The molecule has 1 N–H and O–H groups in total. The number of likely N-dealkylation sites (tertiary alicyclic amines) is 1. The van der Waals surface area contributed by atoms with Gasteiger partial charge in [-0.1, -0.05) is 6.92 Å². The molecule has 2 unspecified atom stereocenters. The monoisotopic (exact) mass is 278 g/mol. The summed E-state index contributed by atoms with van der Waals surface area (Å²) in [5.74, 6) is 0.742. The number of piperidine rings is 1. The Morgan fingerprint density at radius 2 is 2.35 bits per heavy atom. The van der Waals surface area contributed by atoms with Crippen molar-refractivity contribution in [2.45, 2.75) is 32.4 Å². The lowest BCUT2D eigenvalue weighted by Crippen LogP contribution is -2.46. The zero-order valence-corrected chi connectivity index (χ0v) is 11.6. The third-order valence-electron chi connectivity index (χ3n) is 4.15. The standard InChI is InChI=1S/C15H19FN2O2/c1-10-3-2-6-18(13(10)9-19)8-15-17-12-7-11(16)4-5-14(12)20-15/h4-5,7,10,13,19H,2-3,6,8-9H2,1H3. The predicted octanol–water partition coefficient (Wildman–Crippen LogP) is 2.56. The fraction of sp³-hybridized carbons (Fsp3) is 0.533. The van der Waals surface area contributed by atoms with Crippen LogP contribution < -0.4 is 0 Å². The first-order chi connectivity index (χ1) is 9.67. The SMILES string of the molecule is CC1CCCN(Cc2nc3cc(F)ccc3o2)C1CO. The average molecular weight is 278 g/mol. The molecule has 0 bridgehead atoms. The van der Waals surface area contributed by atoms with E-state index in [2.05, 4.69) is 16.8 Å². The lowest BCUT2D eigenvalue weighted by Gasteiger charge is -2.38. The second-order valence-electron chi connectivity index (χ2n) is 5.56. The second kappa shape index (κ2) is 5.50. The van der Waals surface area contributed by atoms with E-state index in [4.69, 9.17) is 4.42 Å². The van der Waals surface area contributed by atoms with E-state index in [1.807, 2.05) is 0 Å². The lowest BCUT2D eigenvalue weighted by molar-refractivity contribution is 0.0418. The van der Waals surface area contributed by atoms with E-state index < -0.39 is 0 Å². The van der Waals surface area contributed by atoms with Gasteiger partial charge in [0.05, 0.1) is 13.2 Å². The van der Waals surface area contributed by atoms with Gasteiger partial charge in [0.15, 0.2) is 5.58 Å². The van der Waals surface area contributed by atoms with E-state index in [0.717, 1.165) is 19.4 Å². The van der Waals surface area contributed by atoms with Gasteiger partial charge in [0, 0.05) is 12.1 Å². The summed E-state index contributed by atoms with van der Waals surface area (Å²) in [5.41, 5.74) is 1.15. The third-order valence-corrected chi connectivity index (χ3v) is 4.15. The van der Waals surface area contributed by atoms with Gasteiger partial charge < -0.3 is 9.52 Å². The van der Waals surface area contributed by atoms with Crippen LogP contribution in [0.5, 0.6) is 0 Å². The molecule has 5 heteroatoms. The van der Waals surface area contributed by atoms with E-state index in [1.54, 1.807) is 6.07 Å². The maximum atomic E-state index is 13.1. The fourth-order valence-corrected chi connectivity index (χ4v) is 3.02. The number of aromatic nitrogens is 1. The molecule has 0 amide bonds. The smallest absolute Gasteiger partial charge is 0.209 e. The van der Waals surface area contributed by atoms with Crippen molar-refractivity contribution in [3.63, 3.8) is 0 Å². The summed E-state index contributed by atoms with van der Waals surface area (Å²) in [6.45, 7) is 3.80. The summed E-state index contributed by atoms with van der Waals surface area (Å²) in [6.07, 6.45) is 2.26. The van der Waals surface area contributed by atoms with E-state index in [9.17, 15) is 9.50 Å². The van der Waals surface area contributed by atoms with Crippen molar-refractivity contribution in [1.29, 1.82) is 0 Å². The number of rotatable bonds is 3. The van der Waals surface area contributed by atoms with Gasteiger partial charge in [0.2, 0.25) is 5.89 Å². The molecule has 2 aromatic rings. The first-order valence-corrected chi connectivity index (χ1v) is 7.07.